The van der Waals surface area contributed by atoms with Crippen LogP contribution in [0.3, 0.4) is 0 Å². The summed E-state index contributed by atoms with van der Waals surface area (Å²) in [5.74, 6) is -1.71. The molecule has 1 saturated heterocycles. The van der Waals surface area contributed by atoms with E-state index in [1.807, 2.05) is 24.1 Å². The van der Waals surface area contributed by atoms with Gasteiger partial charge in [0.15, 0.2) is 0 Å². The number of hydrogen-bond donors (Lipinski definition) is 4. The molecule has 1 atom stereocenters. The van der Waals surface area contributed by atoms with Gasteiger partial charge in [-0.3, -0.25) is 14.7 Å². The van der Waals surface area contributed by atoms with Gasteiger partial charge < -0.3 is 25.7 Å². The van der Waals surface area contributed by atoms with Gasteiger partial charge in [0.05, 0.1) is 35.8 Å². The fraction of sp³-hybridized carbons (Fsp3) is 0.577. The monoisotopic (exact) mass is 585 g/mol. The predicted molar refractivity (Wildman–Crippen MR) is 144 cm³/mol. The standard InChI is InChI=1S/C24H34FN7O2.C2HF3O2/c1-3-16(25)12-27-24-28-14-20(23(30-24)29-17-4-7-19(33)8-5-17)21-9-6-18(13-26-21)32-11-10-31(2)15-22(32)34;3-2(4,5)1(6)7/h6,9,13-14,16-17,19,33H,3-5,7-8,10-12,15H2,1-2H3,(H2,27,28,29,30);(H,6,7). The van der Waals surface area contributed by atoms with Crippen LogP contribution in [0.4, 0.5) is 35.0 Å². The molecule has 0 spiro atoms. The summed E-state index contributed by atoms with van der Waals surface area (Å²) in [6, 6.07) is 3.95. The maximum absolute atomic E-state index is 13.7. The van der Waals surface area contributed by atoms with Crippen molar-refractivity contribution >= 4 is 29.3 Å². The number of halogens is 4. The number of carbonyl (C=O) groups excluding carboxylic acids is 1. The number of likely N-dealkylation sites (N-methyl/N-ethyl adjacent to an activating group) is 1. The quantitative estimate of drug-likeness (QED) is 0.341. The van der Waals surface area contributed by atoms with E-state index in [-0.39, 0.29) is 24.6 Å². The Morgan fingerprint density at radius 3 is 2.39 bits per heavy atom. The molecule has 2 fully saturated rings. The van der Waals surface area contributed by atoms with Crippen molar-refractivity contribution in [1.29, 1.82) is 0 Å². The van der Waals surface area contributed by atoms with Crippen LogP contribution in [0.5, 0.6) is 0 Å². The zero-order valence-corrected chi connectivity index (χ0v) is 22.9. The number of rotatable bonds is 8. The summed E-state index contributed by atoms with van der Waals surface area (Å²) < 4.78 is 45.5. The second-order valence-corrected chi connectivity index (χ2v) is 9.98. The zero-order chi connectivity index (χ0) is 30.2. The number of piperazine rings is 1. The molecule has 1 amide bonds. The summed E-state index contributed by atoms with van der Waals surface area (Å²) in [5, 5.41) is 23.4. The van der Waals surface area contributed by atoms with Crippen LogP contribution in [0, 0.1) is 0 Å². The molecule has 15 heteroatoms. The Labute approximate surface area is 235 Å². The van der Waals surface area contributed by atoms with Gasteiger partial charge in [-0.05, 0) is 51.3 Å². The van der Waals surface area contributed by atoms with E-state index in [2.05, 4.69) is 25.6 Å². The molecule has 4 N–H and O–H groups in total. The minimum Gasteiger partial charge on any atom is -0.475 e. The number of carboxylic acid groups (broad SMARTS) is 1. The first-order valence-corrected chi connectivity index (χ1v) is 13.3. The molecule has 0 aromatic carbocycles. The first-order valence-electron chi connectivity index (χ1n) is 13.3. The van der Waals surface area contributed by atoms with E-state index in [1.165, 1.54) is 0 Å². The number of anilines is 3. The smallest absolute Gasteiger partial charge is 0.475 e. The molecular weight excluding hydrogens is 550 g/mol. The molecule has 1 aliphatic carbocycles. The number of aliphatic hydroxyl groups is 1. The Bertz CT molecular complexity index is 1160. The highest BCUT2D eigenvalue weighted by Crippen LogP contribution is 2.30. The van der Waals surface area contributed by atoms with E-state index < -0.39 is 18.3 Å². The fourth-order valence-corrected chi connectivity index (χ4v) is 4.29. The summed E-state index contributed by atoms with van der Waals surface area (Å²) in [7, 11) is 1.94. The minimum atomic E-state index is -5.08. The SMILES string of the molecule is CCC(F)CNc1ncc(-c2ccc(N3CCN(C)CC3=O)cn2)c(NC2CCC(O)CC2)n1.O=C(O)C(F)(F)F. The van der Waals surface area contributed by atoms with Gasteiger partial charge >= 0.3 is 12.1 Å². The summed E-state index contributed by atoms with van der Waals surface area (Å²) in [5.41, 5.74) is 2.19. The Balaban J connectivity index is 0.000000587. The van der Waals surface area contributed by atoms with Crippen LogP contribution in [-0.4, -0.2) is 99.7 Å². The van der Waals surface area contributed by atoms with E-state index >= 15 is 0 Å². The van der Waals surface area contributed by atoms with Gasteiger partial charge in [-0.15, -0.1) is 0 Å². The topological polar surface area (TPSA) is 144 Å². The van der Waals surface area contributed by atoms with Crippen LogP contribution < -0.4 is 15.5 Å². The Morgan fingerprint density at radius 2 is 1.83 bits per heavy atom. The number of amides is 1. The lowest BCUT2D eigenvalue weighted by Crippen LogP contribution is -2.48. The van der Waals surface area contributed by atoms with Crippen LogP contribution in [0.1, 0.15) is 39.0 Å². The third kappa shape index (κ3) is 9.49. The Hall–Kier alpha value is -3.59. The molecule has 1 unspecified atom stereocenters. The molecule has 226 valence electrons. The molecule has 1 aliphatic heterocycles. The number of carbonyl (C=O) groups is 2. The number of alkyl halides is 4. The molecule has 1 saturated carbocycles. The highest BCUT2D eigenvalue weighted by atomic mass is 19.4. The number of aliphatic carboxylic acids is 1. The van der Waals surface area contributed by atoms with Gasteiger partial charge in [0.25, 0.3) is 0 Å². The molecule has 4 rings (SSSR count). The number of carboxylic acids is 1. The normalized spacial score (nSPS) is 20.6. The average molecular weight is 586 g/mol. The van der Waals surface area contributed by atoms with Gasteiger partial charge in [-0.1, -0.05) is 6.92 Å². The lowest BCUT2D eigenvalue weighted by molar-refractivity contribution is -0.192. The summed E-state index contributed by atoms with van der Waals surface area (Å²) in [4.78, 5) is 38.7. The van der Waals surface area contributed by atoms with E-state index in [9.17, 15) is 27.5 Å². The summed E-state index contributed by atoms with van der Waals surface area (Å²) >= 11 is 0. The number of pyridine rings is 1. The first kappa shape index (κ1) is 31.9. The maximum Gasteiger partial charge on any atom is 0.490 e. The van der Waals surface area contributed by atoms with Crippen molar-refractivity contribution in [2.75, 3.05) is 48.8 Å². The van der Waals surface area contributed by atoms with Crippen molar-refractivity contribution in [2.24, 2.45) is 0 Å². The van der Waals surface area contributed by atoms with Gasteiger partial charge in [0, 0.05) is 31.9 Å². The molecule has 2 aromatic heterocycles. The Kier molecular flexibility index (Phi) is 11.2. The number of aromatic nitrogens is 3. The number of nitrogens with zero attached hydrogens (tertiary/aromatic N) is 5. The highest BCUT2D eigenvalue weighted by Gasteiger charge is 2.38. The molecule has 11 nitrogen and oxygen atoms in total. The molecule has 0 radical (unpaired) electrons. The van der Waals surface area contributed by atoms with Gasteiger partial charge in [-0.25, -0.2) is 14.2 Å². The van der Waals surface area contributed by atoms with Crippen molar-refractivity contribution in [1.82, 2.24) is 19.9 Å². The molecule has 3 heterocycles. The van der Waals surface area contributed by atoms with Crippen molar-refractivity contribution in [2.45, 2.75) is 63.5 Å². The lowest BCUT2D eigenvalue weighted by atomic mass is 9.93. The third-order valence-electron chi connectivity index (χ3n) is 6.74. The van der Waals surface area contributed by atoms with E-state index in [0.29, 0.717) is 37.0 Å². The van der Waals surface area contributed by atoms with Crippen molar-refractivity contribution in [3.8, 4) is 11.3 Å². The predicted octanol–water partition coefficient (Wildman–Crippen LogP) is 3.33. The highest BCUT2D eigenvalue weighted by molar-refractivity contribution is 5.95. The molecular formula is C26H35F4N7O4. The average Bonchev–Trinajstić information content (AvgIpc) is 2.93. The van der Waals surface area contributed by atoms with E-state index in [4.69, 9.17) is 9.90 Å². The van der Waals surface area contributed by atoms with Gasteiger partial charge in [0.2, 0.25) is 11.9 Å². The fourth-order valence-electron chi connectivity index (χ4n) is 4.29. The van der Waals surface area contributed by atoms with Gasteiger partial charge in [0.1, 0.15) is 12.0 Å². The molecule has 0 bridgehead atoms. The second kappa shape index (κ2) is 14.3. The number of nitrogens with one attached hydrogen (secondary N) is 2. The van der Waals surface area contributed by atoms with Crippen LogP contribution in [0.25, 0.3) is 11.3 Å². The maximum atomic E-state index is 13.7. The Morgan fingerprint density at radius 1 is 1.15 bits per heavy atom. The van der Waals surface area contributed by atoms with E-state index in [0.717, 1.165) is 43.5 Å². The summed E-state index contributed by atoms with van der Waals surface area (Å²) in [6.07, 6.45) is 0.698. The number of aliphatic hydroxyl groups excluding tert-OH is 1. The van der Waals surface area contributed by atoms with Crippen LogP contribution in [0.15, 0.2) is 24.5 Å². The van der Waals surface area contributed by atoms with Crippen LogP contribution in [0.2, 0.25) is 0 Å². The largest absolute Gasteiger partial charge is 0.490 e. The molecule has 2 aromatic rings. The van der Waals surface area contributed by atoms with Crippen molar-refractivity contribution in [3.63, 3.8) is 0 Å². The van der Waals surface area contributed by atoms with Gasteiger partial charge in [-0.2, -0.15) is 18.2 Å². The zero-order valence-electron chi connectivity index (χ0n) is 22.9. The van der Waals surface area contributed by atoms with Crippen LogP contribution >= 0.6 is 0 Å². The first-order chi connectivity index (χ1) is 19.4. The summed E-state index contributed by atoms with van der Waals surface area (Å²) in [6.45, 7) is 3.79. The molecule has 2 aliphatic rings. The third-order valence-corrected chi connectivity index (χ3v) is 6.74. The minimum absolute atomic E-state index is 0.0575. The number of hydrogen-bond acceptors (Lipinski definition) is 9. The lowest BCUT2D eigenvalue weighted by Gasteiger charge is -2.32. The molecule has 41 heavy (non-hydrogen) atoms. The second-order valence-electron chi connectivity index (χ2n) is 9.98. The van der Waals surface area contributed by atoms with Crippen molar-refractivity contribution in [3.05, 3.63) is 24.5 Å². The van der Waals surface area contributed by atoms with E-state index in [1.54, 1.807) is 24.2 Å². The van der Waals surface area contributed by atoms with Crippen molar-refractivity contribution < 1.29 is 37.4 Å². The van der Waals surface area contributed by atoms with Crippen LogP contribution in [-0.2, 0) is 9.59 Å².